The van der Waals surface area contributed by atoms with E-state index in [1.807, 2.05) is 0 Å². The second kappa shape index (κ2) is 7.55. The van der Waals surface area contributed by atoms with Gasteiger partial charge in [-0.15, -0.1) is 11.6 Å². The predicted molar refractivity (Wildman–Crippen MR) is 85.7 cm³/mol. The molecule has 0 aliphatic rings. The Balaban J connectivity index is 2.79. The molecule has 0 N–H and O–H groups in total. The minimum Gasteiger partial charge on any atom is -0.118 e. The molecule has 0 heterocycles. The third-order valence-electron chi connectivity index (χ3n) is 3.56. The van der Waals surface area contributed by atoms with Gasteiger partial charge in [0.1, 0.15) is 0 Å². The van der Waals surface area contributed by atoms with Gasteiger partial charge < -0.3 is 0 Å². The first-order chi connectivity index (χ1) is 8.49. The fourth-order valence-corrected chi connectivity index (χ4v) is 3.37. The average molecular weight is 332 g/mol. The van der Waals surface area contributed by atoms with Crippen molar-refractivity contribution in [2.45, 2.75) is 65.2 Å². The third-order valence-corrected chi connectivity index (χ3v) is 5.22. The molecule has 0 radical (unpaired) electrons. The van der Waals surface area contributed by atoms with Gasteiger partial charge in [-0.1, -0.05) is 54.6 Å². The minimum atomic E-state index is 0.152. The number of hydrogen-bond acceptors (Lipinski definition) is 0. The monoisotopic (exact) mass is 330 g/mol. The molecule has 0 saturated heterocycles. The van der Waals surface area contributed by atoms with Crippen LogP contribution in [0.2, 0.25) is 0 Å². The molecule has 1 rings (SSSR count). The molecule has 0 saturated carbocycles. The lowest BCUT2D eigenvalue weighted by Gasteiger charge is -2.18. The lowest BCUT2D eigenvalue weighted by atomic mass is 9.94. The molecule has 0 aromatic heterocycles. The number of rotatable bonds is 6. The van der Waals surface area contributed by atoms with E-state index in [1.54, 1.807) is 0 Å². The van der Waals surface area contributed by atoms with Gasteiger partial charge in [-0.2, -0.15) is 0 Å². The molecule has 1 aromatic rings. The highest BCUT2D eigenvalue weighted by molar-refractivity contribution is 9.10. The van der Waals surface area contributed by atoms with Crippen LogP contribution in [0.4, 0.5) is 0 Å². The van der Waals surface area contributed by atoms with E-state index in [1.165, 1.54) is 52.4 Å². The molecule has 0 bridgehead atoms. The molecule has 0 fully saturated rings. The Hall–Kier alpha value is -0.0100. The summed E-state index contributed by atoms with van der Waals surface area (Å²) in [6.07, 6.45) is 6.20. The van der Waals surface area contributed by atoms with Crippen molar-refractivity contribution < 1.29 is 0 Å². The fraction of sp³-hybridized carbons (Fsp3) is 0.625. The maximum Gasteiger partial charge on any atom is 0.0590 e. The Morgan fingerprint density at radius 1 is 1.11 bits per heavy atom. The van der Waals surface area contributed by atoms with E-state index < -0.39 is 0 Å². The van der Waals surface area contributed by atoms with Gasteiger partial charge in [0.2, 0.25) is 0 Å². The highest BCUT2D eigenvalue weighted by atomic mass is 79.9. The average Bonchev–Trinajstić information content (AvgIpc) is 2.32. The van der Waals surface area contributed by atoms with Crippen LogP contribution in [0.15, 0.2) is 10.5 Å². The second-order valence-corrected chi connectivity index (χ2v) is 6.50. The van der Waals surface area contributed by atoms with Crippen LogP contribution in [-0.2, 0) is 0 Å². The zero-order valence-electron chi connectivity index (χ0n) is 11.9. The van der Waals surface area contributed by atoms with Crippen LogP contribution in [0, 0.1) is 20.8 Å². The Morgan fingerprint density at radius 3 is 2.39 bits per heavy atom. The summed E-state index contributed by atoms with van der Waals surface area (Å²) in [6.45, 7) is 8.71. The number of unbranched alkanes of at least 4 members (excludes halogenated alkanes) is 3. The van der Waals surface area contributed by atoms with Crippen molar-refractivity contribution in [3.63, 3.8) is 0 Å². The van der Waals surface area contributed by atoms with Gasteiger partial charge in [0.25, 0.3) is 0 Å². The molecule has 1 unspecified atom stereocenters. The second-order valence-electron chi connectivity index (χ2n) is 5.18. The summed E-state index contributed by atoms with van der Waals surface area (Å²) in [6, 6.07) is 2.23. The van der Waals surface area contributed by atoms with E-state index in [0.29, 0.717) is 0 Å². The van der Waals surface area contributed by atoms with Crippen molar-refractivity contribution in [1.82, 2.24) is 0 Å². The molecule has 102 valence electrons. The molecule has 0 spiro atoms. The summed E-state index contributed by atoms with van der Waals surface area (Å²) in [5.41, 5.74) is 5.25. The number of benzene rings is 1. The van der Waals surface area contributed by atoms with Gasteiger partial charge in [-0.3, -0.25) is 0 Å². The molecule has 18 heavy (non-hydrogen) atoms. The van der Waals surface area contributed by atoms with Crippen LogP contribution in [0.1, 0.15) is 66.7 Å². The smallest absolute Gasteiger partial charge is 0.0590 e. The van der Waals surface area contributed by atoms with E-state index in [0.717, 1.165) is 6.42 Å². The summed E-state index contributed by atoms with van der Waals surface area (Å²) in [7, 11) is 0. The Kier molecular flexibility index (Phi) is 6.73. The number of aryl methyl sites for hydroxylation is 2. The SMILES string of the molecule is CCCCCCC(Cl)c1c(C)cc(C)c(Br)c1C. The summed E-state index contributed by atoms with van der Waals surface area (Å²) < 4.78 is 1.21. The number of halogens is 2. The fourth-order valence-electron chi connectivity index (χ4n) is 2.55. The van der Waals surface area contributed by atoms with Gasteiger partial charge in [0, 0.05) is 4.47 Å². The van der Waals surface area contributed by atoms with E-state index in [2.05, 4.69) is 49.7 Å². The van der Waals surface area contributed by atoms with Crippen LogP contribution in [0.5, 0.6) is 0 Å². The van der Waals surface area contributed by atoms with E-state index in [4.69, 9.17) is 11.6 Å². The molecule has 1 atom stereocenters. The standard InChI is InChI=1S/C16H24BrCl/c1-5-6-7-8-9-14(18)15-11(2)10-12(3)16(17)13(15)4/h10,14H,5-9H2,1-4H3. The molecule has 0 aliphatic carbocycles. The van der Waals surface area contributed by atoms with Crippen molar-refractivity contribution >= 4 is 27.5 Å². The van der Waals surface area contributed by atoms with Crippen molar-refractivity contribution in [2.75, 3.05) is 0 Å². The minimum absolute atomic E-state index is 0.152. The lowest BCUT2D eigenvalue weighted by Crippen LogP contribution is -2.00. The zero-order valence-corrected chi connectivity index (χ0v) is 14.3. The molecule has 1 aromatic carbocycles. The molecule has 2 heteroatoms. The van der Waals surface area contributed by atoms with Crippen LogP contribution in [0.3, 0.4) is 0 Å². The maximum atomic E-state index is 6.60. The Morgan fingerprint density at radius 2 is 1.78 bits per heavy atom. The summed E-state index contributed by atoms with van der Waals surface area (Å²) in [4.78, 5) is 0. The lowest BCUT2D eigenvalue weighted by molar-refractivity contribution is 0.622. The first-order valence-corrected chi connectivity index (χ1v) is 8.12. The van der Waals surface area contributed by atoms with E-state index >= 15 is 0 Å². The molecular weight excluding hydrogens is 308 g/mol. The van der Waals surface area contributed by atoms with Gasteiger partial charge in [0.15, 0.2) is 0 Å². The number of hydrogen-bond donors (Lipinski definition) is 0. The first-order valence-electron chi connectivity index (χ1n) is 6.89. The molecular formula is C16H24BrCl. The van der Waals surface area contributed by atoms with Crippen molar-refractivity contribution in [2.24, 2.45) is 0 Å². The quantitative estimate of drug-likeness (QED) is 0.405. The Labute approximate surface area is 125 Å². The first kappa shape index (κ1) is 16.0. The highest BCUT2D eigenvalue weighted by Gasteiger charge is 2.16. The molecule has 0 aliphatic heterocycles. The highest BCUT2D eigenvalue weighted by Crippen LogP contribution is 2.36. The normalized spacial score (nSPS) is 12.8. The van der Waals surface area contributed by atoms with Crippen LogP contribution in [0.25, 0.3) is 0 Å². The van der Waals surface area contributed by atoms with Crippen LogP contribution >= 0.6 is 27.5 Å². The summed E-state index contributed by atoms with van der Waals surface area (Å²) in [5, 5.41) is 0.152. The van der Waals surface area contributed by atoms with Crippen molar-refractivity contribution in [3.8, 4) is 0 Å². The zero-order chi connectivity index (χ0) is 13.7. The van der Waals surface area contributed by atoms with Crippen molar-refractivity contribution in [3.05, 3.63) is 32.8 Å². The largest absolute Gasteiger partial charge is 0.118 e. The van der Waals surface area contributed by atoms with E-state index in [9.17, 15) is 0 Å². The topological polar surface area (TPSA) is 0 Å². The number of alkyl halides is 1. The third kappa shape index (κ3) is 3.99. The van der Waals surface area contributed by atoms with Crippen LogP contribution in [-0.4, -0.2) is 0 Å². The predicted octanol–water partition coefficient (Wildman–Crippen LogP) is 6.62. The van der Waals surface area contributed by atoms with Gasteiger partial charge in [-0.05, 0) is 49.4 Å². The van der Waals surface area contributed by atoms with E-state index in [-0.39, 0.29) is 5.38 Å². The van der Waals surface area contributed by atoms with Crippen LogP contribution < -0.4 is 0 Å². The van der Waals surface area contributed by atoms with Gasteiger partial charge in [0.05, 0.1) is 5.38 Å². The summed E-state index contributed by atoms with van der Waals surface area (Å²) >= 11 is 10.3. The van der Waals surface area contributed by atoms with Crippen molar-refractivity contribution in [1.29, 1.82) is 0 Å². The molecule has 0 amide bonds. The summed E-state index contributed by atoms with van der Waals surface area (Å²) in [5.74, 6) is 0. The van der Waals surface area contributed by atoms with Gasteiger partial charge >= 0.3 is 0 Å². The molecule has 0 nitrogen and oxygen atoms in total. The van der Waals surface area contributed by atoms with Gasteiger partial charge in [-0.25, -0.2) is 0 Å². The maximum absolute atomic E-state index is 6.60. The Bertz CT molecular complexity index is 399.